The van der Waals surface area contributed by atoms with Crippen molar-refractivity contribution in [3.05, 3.63) is 81.7 Å². The van der Waals surface area contributed by atoms with Crippen LogP contribution in [-0.4, -0.2) is 69.6 Å². The molecule has 12 heteroatoms. The van der Waals surface area contributed by atoms with Crippen molar-refractivity contribution >= 4 is 57.7 Å². The minimum absolute atomic E-state index is 0.102. The zero-order valence-corrected chi connectivity index (χ0v) is 24.2. The average molecular weight is 601 g/mol. The first-order chi connectivity index (χ1) is 20.4. The number of aromatic nitrogens is 2. The minimum Gasteiger partial charge on any atom is -0.336 e. The molecule has 2 aromatic heterocycles. The summed E-state index contributed by atoms with van der Waals surface area (Å²) in [7, 11) is 0. The topological polar surface area (TPSA) is 125 Å². The molecule has 2 aliphatic rings. The number of carbonyl (C=O) groups is 4. The SMILES string of the molecule is O=C(Nc1ccc(-c2ccc(NC(=O)[C@H]3CCN(C(=O)c4cscn4)C3)cc2)cc1)[C@@H]1CCN(C(=O)c2cscn2)C1. The molecule has 0 aliphatic carbocycles. The first-order valence-corrected chi connectivity index (χ1v) is 15.5. The van der Waals surface area contributed by atoms with E-state index < -0.39 is 0 Å². The number of nitrogens with one attached hydrogen (secondary N) is 2. The summed E-state index contributed by atoms with van der Waals surface area (Å²) in [5.74, 6) is -0.999. The lowest BCUT2D eigenvalue weighted by molar-refractivity contribution is -0.120. The standard InChI is InChI=1S/C30H28N6O4S2/c37-27(21-9-11-35(13-21)29(39)25-15-41-17-31-25)33-23-5-1-19(2-6-23)20-3-7-24(8-4-20)34-28(38)22-10-12-36(14-22)30(40)26-16-42-18-32-26/h1-8,15-18,21-22H,9-14H2,(H,33,37)(H,34,38)/t21-,22+. The van der Waals surface area contributed by atoms with E-state index in [0.717, 1.165) is 11.1 Å². The molecule has 2 fully saturated rings. The molecule has 0 bridgehead atoms. The summed E-state index contributed by atoms with van der Waals surface area (Å²) >= 11 is 2.75. The van der Waals surface area contributed by atoms with Gasteiger partial charge in [0.2, 0.25) is 11.8 Å². The third kappa shape index (κ3) is 6.09. The molecule has 2 saturated heterocycles. The molecule has 6 rings (SSSR count). The Morgan fingerprint density at radius 3 is 1.40 bits per heavy atom. The van der Waals surface area contributed by atoms with Crippen molar-refractivity contribution in [2.75, 3.05) is 36.8 Å². The molecule has 2 aliphatic heterocycles. The number of rotatable bonds is 7. The number of anilines is 2. The van der Waals surface area contributed by atoms with Gasteiger partial charge in [0, 0.05) is 48.3 Å². The smallest absolute Gasteiger partial charge is 0.273 e. The highest BCUT2D eigenvalue weighted by atomic mass is 32.1. The maximum atomic E-state index is 12.8. The second kappa shape index (κ2) is 12.2. The van der Waals surface area contributed by atoms with Crippen LogP contribution in [0.4, 0.5) is 11.4 Å². The molecule has 0 radical (unpaired) electrons. The van der Waals surface area contributed by atoms with Crippen molar-refractivity contribution in [1.82, 2.24) is 19.8 Å². The number of amides is 4. The first kappa shape index (κ1) is 27.7. The van der Waals surface area contributed by atoms with Crippen LogP contribution >= 0.6 is 22.7 Å². The third-order valence-corrected chi connectivity index (χ3v) is 8.81. The van der Waals surface area contributed by atoms with Gasteiger partial charge < -0.3 is 20.4 Å². The van der Waals surface area contributed by atoms with E-state index in [1.165, 1.54) is 22.7 Å². The van der Waals surface area contributed by atoms with Crippen LogP contribution in [0.3, 0.4) is 0 Å². The lowest BCUT2D eigenvalue weighted by Gasteiger charge is -2.15. The van der Waals surface area contributed by atoms with Gasteiger partial charge in [-0.05, 0) is 48.2 Å². The van der Waals surface area contributed by atoms with Gasteiger partial charge in [-0.1, -0.05) is 24.3 Å². The van der Waals surface area contributed by atoms with E-state index in [9.17, 15) is 19.2 Å². The van der Waals surface area contributed by atoms with Crippen LogP contribution in [-0.2, 0) is 9.59 Å². The number of thiazole rings is 2. The van der Waals surface area contributed by atoms with Crippen LogP contribution in [0.25, 0.3) is 11.1 Å². The van der Waals surface area contributed by atoms with Crippen molar-refractivity contribution in [2.45, 2.75) is 12.8 Å². The van der Waals surface area contributed by atoms with E-state index in [1.54, 1.807) is 31.6 Å². The van der Waals surface area contributed by atoms with Gasteiger partial charge in [-0.25, -0.2) is 9.97 Å². The Balaban J connectivity index is 0.991. The maximum absolute atomic E-state index is 12.8. The lowest BCUT2D eigenvalue weighted by atomic mass is 10.0. The van der Waals surface area contributed by atoms with Crippen molar-refractivity contribution in [3.8, 4) is 11.1 Å². The van der Waals surface area contributed by atoms with Gasteiger partial charge in [0.15, 0.2) is 0 Å². The van der Waals surface area contributed by atoms with E-state index >= 15 is 0 Å². The molecule has 4 aromatic rings. The lowest BCUT2D eigenvalue weighted by Crippen LogP contribution is -2.31. The van der Waals surface area contributed by atoms with E-state index in [0.29, 0.717) is 61.8 Å². The van der Waals surface area contributed by atoms with Crippen LogP contribution in [0.2, 0.25) is 0 Å². The number of carbonyl (C=O) groups excluding carboxylic acids is 4. The highest BCUT2D eigenvalue weighted by molar-refractivity contribution is 7.08. The third-order valence-electron chi connectivity index (χ3n) is 7.63. The van der Waals surface area contributed by atoms with Gasteiger partial charge in [-0.15, -0.1) is 22.7 Å². The number of benzene rings is 2. The van der Waals surface area contributed by atoms with Crippen molar-refractivity contribution in [2.24, 2.45) is 11.8 Å². The van der Waals surface area contributed by atoms with Crippen LogP contribution in [0.5, 0.6) is 0 Å². The van der Waals surface area contributed by atoms with Crippen LogP contribution < -0.4 is 10.6 Å². The van der Waals surface area contributed by atoms with E-state index in [4.69, 9.17) is 0 Å². The van der Waals surface area contributed by atoms with Gasteiger partial charge in [0.25, 0.3) is 11.8 Å². The highest BCUT2D eigenvalue weighted by Gasteiger charge is 2.33. The predicted octanol–water partition coefficient (Wildman–Crippen LogP) is 4.47. The molecular weight excluding hydrogens is 573 g/mol. The summed E-state index contributed by atoms with van der Waals surface area (Å²) in [5, 5.41) is 9.38. The van der Waals surface area contributed by atoms with Crippen LogP contribution in [0, 0.1) is 11.8 Å². The van der Waals surface area contributed by atoms with Gasteiger partial charge in [0.05, 0.1) is 22.9 Å². The molecule has 4 heterocycles. The summed E-state index contributed by atoms with van der Waals surface area (Å²) in [5.41, 5.74) is 7.43. The normalized spacial score (nSPS) is 18.2. The molecule has 10 nitrogen and oxygen atoms in total. The minimum atomic E-state index is -0.263. The Hall–Kier alpha value is -4.42. The zero-order chi connectivity index (χ0) is 29.1. The van der Waals surface area contributed by atoms with Crippen LogP contribution in [0.15, 0.2) is 70.3 Å². The fraction of sp³-hybridized carbons (Fsp3) is 0.267. The Morgan fingerprint density at radius 1 is 0.643 bits per heavy atom. The number of nitrogens with zero attached hydrogens (tertiary/aromatic N) is 4. The molecule has 2 aromatic carbocycles. The molecule has 0 saturated carbocycles. The summed E-state index contributed by atoms with van der Waals surface area (Å²) in [6.07, 6.45) is 1.23. The fourth-order valence-corrected chi connectivity index (χ4v) is 6.31. The molecule has 4 amide bonds. The van der Waals surface area contributed by atoms with Gasteiger partial charge in [0.1, 0.15) is 11.4 Å². The second-order valence-corrected chi connectivity index (χ2v) is 11.8. The Labute approximate surface area is 250 Å². The molecule has 42 heavy (non-hydrogen) atoms. The summed E-state index contributed by atoms with van der Waals surface area (Å²) in [6.45, 7) is 1.84. The van der Waals surface area contributed by atoms with Gasteiger partial charge in [-0.3, -0.25) is 19.2 Å². The Morgan fingerprint density at radius 2 is 1.05 bits per heavy atom. The molecule has 2 atom stereocenters. The second-order valence-electron chi connectivity index (χ2n) is 10.4. The summed E-state index contributed by atoms with van der Waals surface area (Å²) in [6, 6.07) is 15.2. The van der Waals surface area contributed by atoms with Crippen molar-refractivity contribution in [3.63, 3.8) is 0 Å². The average Bonchev–Trinajstić information content (AvgIpc) is 3.84. The molecule has 214 valence electrons. The Kier molecular flexibility index (Phi) is 8.06. The number of hydrogen-bond acceptors (Lipinski definition) is 8. The molecule has 0 spiro atoms. The van der Waals surface area contributed by atoms with Gasteiger partial charge in [-0.2, -0.15) is 0 Å². The highest BCUT2D eigenvalue weighted by Crippen LogP contribution is 2.26. The largest absolute Gasteiger partial charge is 0.336 e. The van der Waals surface area contributed by atoms with Crippen molar-refractivity contribution in [1.29, 1.82) is 0 Å². The number of likely N-dealkylation sites (tertiary alicyclic amines) is 2. The number of hydrogen-bond donors (Lipinski definition) is 2. The Bertz CT molecular complexity index is 1450. The first-order valence-electron chi connectivity index (χ1n) is 13.6. The van der Waals surface area contributed by atoms with Crippen LogP contribution in [0.1, 0.15) is 33.8 Å². The van der Waals surface area contributed by atoms with Gasteiger partial charge >= 0.3 is 0 Å². The van der Waals surface area contributed by atoms with E-state index in [2.05, 4.69) is 20.6 Å². The predicted molar refractivity (Wildman–Crippen MR) is 161 cm³/mol. The van der Waals surface area contributed by atoms with E-state index in [1.807, 2.05) is 48.5 Å². The molecule has 0 unspecified atom stereocenters. The quantitative estimate of drug-likeness (QED) is 0.323. The molecule has 2 N–H and O–H groups in total. The fourth-order valence-electron chi connectivity index (χ4n) is 5.26. The summed E-state index contributed by atoms with van der Waals surface area (Å²) in [4.78, 5) is 62.2. The van der Waals surface area contributed by atoms with E-state index in [-0.39, 0.29) is 35.5 Å². The maximum Gasteiger partial charge on any atom is 0.273 e. The molecular formula is C30H28N6O4S2. The summed E-state index contributed by atoms with van der Waals surface area (Å²) < 4.78 is 0. The monoisotopic (exact) mass is 600 g/mol. The van der Waals surface area contributed by atoms with Crippen molar-refractivity contribution < 1.29 is 19.2 Å². The zero-order valence-electron chi connectivity index (χ0n) is 22.6.